The first-order valence-electron chi connectivity index (χ1n) is 6.13. The van der Waals surface area contributed by atoms with Crippen LogP contribution in [0.4, 0.5) is 0 Å². The van der Waals surface area contributed by atoms with Crippen LogP contribution in [0.2, 0.25) is 0 Å². The predicted molar refractivity (Wildman–Crippen MR) is 76.9 cm³/mol. The number of aryl methyl sites for hydroxylation is 1. The van der Waals surface area contributed by atoms with Crippen molar-refractivity contribution in [2.24, 2.45) is 0 Å². The minimum Gasteiger partial charge on any atom is -0.290 e. The van der Waals surface area contributed by atoms with E-state index in [1.54, 1.807) is 24.9 Å². The summed E-state index contributed by atoms with van der Waals surface area (Å²) in [5, 5.41) is 8.92. The van der Waals surface area contributed by atoms with Crippen LogP contribution in [-0.2, 0) is 5.75 Å². The lowest BCUT2D eigenvalue weighted by Gasteiger charge is -2.05. The van der Waals surface area contributed by atoms with Crippen molar-refractivity contribution in [2.75, 3.05) is 0 Å². The molecule has 3 rings (SSSR count). The highest BCUT2D eigenvalue weighted by atomic mass is 32.2. The van der Waals surface area contributed by atoms with E-state index in [9.17, 15) is 4.79 Å². The highest BCUT2D eigenvalue weighted by Crippen LogP contribution is 2.21. The van der Waals surface area contributed by atoms with Crippen LogP contribution in [0.5, 0.6) is 0 Å². The average molecular weight is 287 g/mol. The summed E-state index contributed by atoms with van der Waals surface area (Å²) in [5.74, 6) is 1.23. The molecule has 0 unspecified atom stereocenters. The molecule has 0 amide bonds. The lowest BCUT2D eigenvalue weighted by molar-refractivity contribution is 0.875. The summed E-state index contributed by atoms with van der Waals surface area (Å²) in [4.78, 5) is 18.5. The summed E-state index contributed by atoms with van der Waals surface area (Å²) in [5.41, 5.74) is 2.54. The maximum atomic E-state index is 11.7. The third-order valence-corrected chi connectivity index (χ3v) is 4.17. The van der Waals surface area contributed by atoms with E-state index >= 15 is 0 Å². The van der Waals surface area contributed by atoms with E-state index in [1.165, 1.54) is 0 Å². The Morgan fingerprint density at radius 2 is 2.20 bits per heavy atom. The molecule has 7 heteroatoms. The zero-order chi connectivity index (χ0) is 14.1. The van der Waals surface area contributed by atoms with Crippen molar-refractivity contribution in [1.82, 2.24) is 24.6 Å². The van der Waals surface area contributed by atoms with Gasteiger partial charge in [0.05, 0.1) is 0 Å². The SMILES string of the molecule is Cc1c(C)n2c(SCc3cccnc3)nnc2[nH]c1=O. The Bertz CT molecular complexity index is 809. The molecule has 0 saturated carbocycles. The van der Waals surface area contributed by atoms with Gasteiger partial charge in [-0.05, 0) is 25.5 Å². The van der Waals surface area contributed by atoms with Crippen molar-refractivity contribution in [3.05, 3.63) is 51.7 Å². The fourth-order valence-corrected chi connectivity index (χ4v) is 2.82. The van der Waals surface area contributed by atoms with Gasteiger partial charge in [-0.1, -0.05) is 17.8 Å². The number of aromatic amines is 1. The largest absolute Gasteiger partial charge is 0.290 e. The fraction of sp³-hybridized carbons (Fsp3) is 0.231. The Balaban J connectivity index is 1.97. The molecule has 1 N–H and O–H groups in total. The number of H-pyrrole nitrogens is 1. The van der Waals surface area contributed by atoms with Gasteiger partial charge in [-0.25, -0.2) is 0 Å². The third-order valence-electron chi connectivity index (χ3n) is 3.17. The smallest absolute Gasteiger partial charge is 0.255 e. The zero-order valence-electron chi connectivity index (χ0n) is 11.1. The van der Waals surface area contributed by atoms with E-state index in [0.29, 0.717) is 11.3 Å². The summed E-state index contributed by atoms with van der Waals surface area (Å²) in [6.45, 7) is 3.69. The zero-order valence-corrected chi connectivity index (χ0v) is 11.9. The van der Waals surface area contributed by atoms with E-state index < -0.39 is 0 Å². The minimum absolute atomic E-state index is 0.119. The molecule has 0 bridgehead atoms. The van der Waals surface area contributed by atoms with Crippen LogP contribution in [0, 0.1) is 13.8 Å². The first kappa shape index (κ1) is 12.9. The fourth-order valence-electron chi connectivity index (χ4n) is 1.91. The van der Waals surface area contributed by atoms with Crippen LogP contribution in [0.3, 0.4) is 0 Å². The molecule has 20 heavy (non-hydrogen) atoms. The lowest BCUT2D eigenvalue weighted by Crippen LogP contribution is -2.15. The van der Waals surface area contributed by atoms with Crippen molar-refractivity contribution < 1.29 is 0 Å². The summed E-state index contributed by atoms with van der Waals surface area (Å²) >= 11 is 1.57. The van der Waals surface area contributed by atoms with Crippen molar-refractivity contribution in [3.63, 3.8) is 0 Å². The van der Waals surface area contributed by atoms with E-state index in [2.05, 4.69) is 20.2 Å². The molecule has 0 aromatic carbocycles. The number of nitrogens with zero attached hydrogens (tertiary/aromatic N) is 4. The summed E-state index contributed by atoms with van der Waals surface area (Å²) in [6.07, 6.45) is 3.58. The number of nitrogens with one attached hydrogen (secondary N) is 1. The van der Waals surface area contributed by atoms with Gasteiger partial charge in [0.25, 0.3) is 5.56 Å². The monoisotopic (exact) mass is 287 g/mol. The van der Waals surface area contributed by atoms with Gasteiger partial charge in [-0.15, -0.1) is 10.2 Å². The molecule has 3 aromatic heterocycles. The van der Waals surface area contributed by atoms with Crippen LogP contribution >= 0.6 is 11.8 Å². The van der Waals surface area contributed by atoms with Gasteiger partial charge < -0.3 is 0 Å². The van der Waals surface area contributed by atoms with E-state index in [-0.39, 0.29) is 5.56 Å². The molecule has 0 atom stereocenters. The molecule has 0 aliphatic heterocycles. The standard InChI is InChI=1S/C13H13N5OS/c1-8-9(2)18-12(15-11(8)19)16-17-13(18)20-7-10-4-3-5-14-6-10/h3-6H,7H2,1-2H3,(H,15,16,19). The summed E-state index contributed by atoms with van der Waals surface area (Å²) in [6, 6.07) is 3.92. The van der Waals surface area contributed by atoms with Crippen molar-refractivity contribution in [2.45, 2.75) is 24.8 Å². The number of rotatable bonds is 3. The first-order valence-corrected chi connectivity index (χ1v) is 7.11. The van der Waals surface area contributed by atoms with Gasteiger partial charge in [-0.2, -0.15) is 0 Å². The van der Waals surface area contributed by atoms with Gasteiger partial charge in [-0.3, -0.25) is 19.2 Å². The van der Waals surface area contributed by atoms with Gasteiger partial charge in [0.1, 0.15) is 0 Å². The maximum Gasteiger partial charge on any atom is 0.255 e. The summed E-state index contributed by atoms with van der Waals surface area (Å²) < 4.78 is 1.87. The second-order valence-corrected chi connectivity index (χ2v) is 5.40. The molecule has 0 spiro atoms. The van der Waals surface area contributed by atoms with Gasteiger partial charge in [0.2, 0.25) is 5.78 Å². The highest BCUT2D eigenvalue weighted by Gasteiger charge is 2.12. The normalized spacial score (nSPS) is 11.1. The number of hydrogen-bond acceptors (Lipinski definition) is 5. The molecular formula is C13H13N5OS. The molecular weight excluding hydrogens is 274 g/mol. The number of pyridine rings is 1. The number of hydrogen-bond donors (Lipinski definition) is 1. The number of fused-ring (bicyclic) bond motifs is 1. The van der Waals surface area contributed by atoms with E-state index in [4.69, 9.17) is 0 Å². The second-order valence-electron chi connectivity index (χ2n) is 4.46. The topological polar surface area (TPSA) is 75.9 Å². The molecule has 0 aliphatic carbocycles. The van der Waals surface area contributed by atoms with Crippen LogP contribution in [0.25, 0.3) is 5.78 Å². The average Bonchev–Trinajstić information content (AvgIpc) is 2.87. The Morgan fingerprint density at radius 3 is 2.95 bits per heavy atom. The molecule has 3 aromatic rings. The minimum atomic E-state index is -0.119. The Kier molecular flexibility index (Phi) is 3.27. The first-order chi connectivity index (χ1) is 9.66. The maximum absolute atomic E-state index is 11.7. The van der Waals surface area contributed by atoms with Crippen LogP contribution in [0.15, 0.2) is 34.5 Å². The number of aromatic nitrogens is 5. The molecule has 3 heterocycles. The molecule has 102 valence electrons. The second kappa shape index (κ2) is 5.09. The van der Waals surface area contributed by atoms with E-state index in [0.717, 1.165) is 22.2 Å². The van der Waals surface area contributed by atoms with Gasteiger partial charge in [0, 0.05) is 29.4 Å². The Hall–Kier alpha value is -2.15. The lowest BCUT2D eigenvalue weighted by atomic mass is 10.3. The van der Waals surface area contributed by atoms with Gasteiger partial charge in [0.15, 0.2) is 5.16 Å². The Labute approximate surface area is 119 Å². The molecule has 0 aliphatic rings. The van der Waals surface area contributed by atoms with Crippen LogP contribution < -0.4 is 5.56 Å². The summed E-state index contributed by atoms with van der Waals surface area (Å²) in [7, 11) is 0. The van der Waals surface area contributed by atoms with Crippen LogP contribution in [-0.4, -0.2) is 24.6 Å². The Morgan fingerprint density at radius 1 is 1.35 bits per heavy atom. The molecule has 6 nitrogen and oxygen atoms in total. The van der Waals surface area contributed by atoms with E-state index in [1.807, 2.05) is 29.7 Å². The third kappa shape index (κ3) is 2.20. The quantitative estimate of drug-likeness (QED) is 0.742. The van der Waals surface area contributed by atoms with Crippen molar-refractivity contribution >= 4 is 17.5 Å². The molecule has 0 radical (unpaired) electrons. The van der Waals surface area contributed by atoms with Crippen molar-refractivity contribution in [1.29, 1.82) is 0 Å². The van der Waals surface area contributed by atoms with Crippen LogP contribution in [0.1, 0.15) is 16.8 Å². The highest BCUT2D eigenvalue weighted by molar-refractivity contribution is 7.98. The number of thioether (sulfide) groups is 1. The predicted octanol–water partition coefficient (Wildman–Crippen LogP) is 1.72. The van der Waals surface area contributed by atoms with Crippen molar-refractivity contribution in [3.8, 4) is 0 Å². The van der Waals surface area contributed by atoms with Gasteiger partial charge >= 0.3 is 0 Å². The molecule has 0 fully saturated rings. The molecule has 0 saturated heterocycles.